The zero-order valence-electron chi connectivity index (χ0n) is 32.7. The molecule has 19 heteroatoms. The van der Waals surface area contributed by atoms with Crippen LogP contribution in [0.15, 0.2) is 139 Å². The lowest BCUT2D eigenvalue weighted by Crippen LogP contribution is -2.54. The number of hydrogen-bond donors (Lipinski definition) is 2. The largest absolute Gasteiger partial charge is 0.494 e. The van der Waals surface area contributed by atoms with Gasteiger partial charge in [0.1, 0.15) is 17.2 Å². The number of methoxy groups -OCH3 is 1. The number of ether oxygens (including phenoxy) is 3. The second-order valence-electron chi connectivity index (χ2n) is 13.6. The zero-order chi connectivity index (χ0) is 46.7. The topological polar surface area (TPSA) is 120 Å². The van der Waals surface area contributed by atoms with Gasteiger partial charge in [0.25, 0.3) is 11.8 Å². The maximum Gasteiger partial charge on any atom is 0.411 e. The van der Waals surface area contributed by atoms with Gasteiger partial charge in [-0.15, -0.1) is 0 Å². The van der Waals surface area contributed by atoms with E-state index in [-0.39, 0.29) is 37.5 Å². The molecule has 0 spiro atoms. The van der Waals surface area contributed by atoms with Crippen molar-refractivity contribution in [2.45, 2.75) is 24.7 Å². The number of Topliss-reactive ketones (excluding diaryl/α,β-unsaturated/α-hetero) is 1. The van der Waals surface area contributed by atoms with Gasteiger partial charge in [-0.2, -0.15) is 26.3 Å². The number of carbonyl (C=O) groups excluding carboxylic acids is 4. The number of halogens is 10. The molecule has 2 N–H and O–H groups in total. The fraction of sp³-hybridized carbons (Fsp3) is 0.111. The van der Waals surface area contributed by atoms with Crippen molar-refractivity contribution in [2.24, 2.45) is 0 Å². The van der Waals surface area contributed by atoms with E-state index in [4.69, 9.17) is 14.2 Å². The van der Waals surface area contributed by atoms with Crippen LogP contribution in [-0.2, 0) is 5.41 Å². The summed E-state index contributed by atoms with van der Waals surface area (Å²) < 4.78 is 105. The summed E-state index contributed by atoms with van der Waals surface area (Å²) in [6.07, 6.45) is -11.8. The number of alkyl halides is 6. The molecular weight excluding hydrogens is 1110 g/mol. The highest BCUT2D eigenvalue weighted by Crippen LogP contribution is 2.58. The highest BCUT2D eigenvalue weighted by molar-refractivity contribution is 9.11. The molecular formula is C45H28Br4F6N2O7. The van der Waals surface area contributed by atoms with Crippen molar-refractivity contribution in [3.63, 3.8) is 0 Å². The molecule has 6 aromatic carbocycles. The second-order valence-corrected chi connectivity index (χ2v) is 17.1. The first-order chi connectivity index (χ1) is 30.1. The van der Waals surface area contributed by atoms with Crippen LogP contribution in [0.2, 0.25) is 0 Å². The molecule has 6 rings (SSSR count). The van der Waals surface area contributed by atoms with E-state index in [0.29, 0.717) is 58.3 Å². The minimum atomic E-state index is -5.92. The molecule has 330 valence electrons. The highest BCUT2D eigenvalue weighted by Gasteiger charge is 2.73. The Bertz CT molecular complexity index is 2690. The lowest BCUT2D eigenvalue weighted by Gasteiger charge is -2.39. The molecule has 0 saturated carbocycles. The number of nitrogens with one attached hydrogen (secondary N) is 2. The molecule has 6 aromatic rings. The smallest absolute Gasteiger partial charge is 0.411 e. The van der Waals surface area contributed by atoms with Crippen molar-refractivity contribution < 1.29 is 59.7 Å². The van der Waals surface area contributed by atoms with E-state index >= 15 is 0 Å². The summed E-state index contributed by atoms with van der Waals surface area (Å²) in [4.78, 5) is 50.3. The molecule has 0 aliphatic carbocycles. The summed E-state index contributed by atoms with van der Waals surface area (Å²) >= 11 is 12.0. The van der Waals surface area contributed by atoms with Crippen LogP contribution in [0.25, 0.3) is 0 Å². The van der Waals surface area contributed by atoms with Gasteiger partial charge in [-0.25, -0.2) is 4.79 Å². The molecule has 0 aliphatic rings. The number of ketones is 1. The van der Waals surface area contributed by atoms with Crippen LogP contribution in [0.1, 0.15) is 59.5 Å². The predicted molar refractivity (Wildman–Crippen MR) is 240 cm³/mol. The van der Waals surface area contributed by atoms with Gasteiger partial charge < -0.3 is 24.8 Å². The van der Waals surface area contributed by atoms with E-state index in [9.17, 15) is 45.5 Å². The average Bonchev–Trinajstić information content (AvgIpc) is 3.22. The first-order valence-electron chi connectivity index (χ1n) is 18.2. The van der Waals surface area contributed by atoms with Crippen LogP contribution in [0.5, 0.6) is 23.0 Å². The summed E-state index contributed by atoms with van der Waals surface area (Å²) in [5.41, 5.74) is -5.12. The number of hydrogen-bond acceptors (Lipinski definition) is 7. The van der Waals surface area contributed by atoms with Gasteiger partial charge in [0, 0.05) is 28.1 Å². The summed E-state index contributed by atoms with van der Waals surface area (Å²) in [5, 5.41) is 5.48. The Balaban J connectivity index is 1.09. The van der Waals surface area contributed by atoms with Crippen LogP contribution >= 0.6 is 63.7 Å². The zero-order valence-corrected chi connectivity index (χ0v) is 39.0. The number of rotatable bonds is 12. The summed E-state index contributed by atoms with van der Waals surface area (Å²) in [6, 6.07) is 27.0. The minimum Gasteiger partial charge on any atom is -0.494 e. The molecule has 0 heterocycles. The molecule has 9 nitrogen and oxygen atoms in total. The third-order valence-corrected chi connectivity index (χ3v) is 11.9. The fourth-order valence-corrected chi connectivity index (χ4v) is 9.21. The van der Waals surface area contributed by atoms with E-state index in [2.05, 4.69) is 74.4 Å². The molecule has 0 aliphatic heterocycles. The molecule has 0 atom stereocenters. The minimum absolute atomic E-state index is 0.0270. The number of carbonyl (C=O) groups is 4. The van der Waals surface area contributed by atoms with Crippen molar-refractivity contribution in [2.75, 3.05) is 17.7 Å². The maximum absolute atomic E-state index is 14.9. The van der Waals surface area contributed by atoms with Crippen LogP contribution in [-0.4, -0.2) is 43.0 Å². The summed E-state index contributed by atoms with van der Waals surface area (Å²) in [7, 11) is 1.20. The molecule has 0 fully saturated rings. The number of benzene rings is 6. The lowest BCUT2D eigenvalue weighted by atomic mass is 9.73. The second kappa shape index (κ2) is 19.3. The number of amides is 2. The first kappa shape index (κ1) is 48.0. The Morgan fingerprint density at radius 1 is 0.500 bits per heavy atom. The Labute approximate surface area is 394 Å². The SMILES string of the molecule is COc1c(Br)cc(C(c2cc(Br)c(OC(=O)c3ccc(C(=O)Nc4ccc(Oc5ccc(NC(=O)c6ccc(C(C)=O)cc6)cc5)cc4)cc3)c(Br)c2)(C(F)(F)F)C(F)(F)F)cc1Br. The molecule has 0 unspecified atom stereocenters. The Morgan fingerprint density at radius 3 is 1.19 bits per heavy atom. The fourth-order valence-electron chi connectivity index (χ4n) is 6.35. The van der Waals surface area contributed by atoms with Crippen molar-refractivity contribution in [3.8, 4) is 23.0 Å². The quantitative estimate of drug-likeness (QED) is 0.0542. The van der Waals surface area contributed by atoms with Crippen LogP contribution in [0.3, 0.4) is 0 Å². The van der Waals surface area contributed by atoms with E-state index < -0.39 is 55.5 Å². The molecule has 0 bridgehead atoms. The lowest BCUT2D eigenvalue weighted by molar-refractivity contribution is -0.288. The van der Waals surface area contributed by atoms with Crippen molar-refractivity contribution in [1.82, 2.24) is 0 Å². The third kappa shape index (κ3) is 10.2. The van der Waals surface area contributed by atoms with Gasteiger partial charge in [0.15, 0.2) is 11.5 Å². The molecule has 0 radical (unpaired) electrons. The monoisotopic (exact) mass is 1140 g/mol. The van der Waals surface area contributed by atoms with E-state index in [1.165, 1.54) is 38.3 Å². The van der Waals surface area contributed by atoms with Crippen molar-refractivity contribution in [1.29, 1.82) is 0 Å². The predicted octanol–water partition coefficient (Wildman–Crippen LogP) is 13.9. The van der Waals surface area contributed by atoms with Crippen molar-refractivity contribution >= 4 is 98.7 Å². The molecule has 64 heavy (non-hydrogen) atoms. The Morgan fingerprint density at radius 2 is 0.844 bits per heavy atom. The van der Waals surface area contributed by atoms with E-state index in [1.54, 1.807) is 72.8 Å². The van der Waals surface area contributed by atoms with Gasteiger partial charge in [0.05, 0.1) is 30.6 Å². The Kier molecular flexibility index (Phi) is 14.5. The van der Waals surface area contributed by atoms with Gasteiger partial charge >= 0.3 is 18.3 Å². The maximum atomic E-state index is 14.9. The van der Waals surface area contributed by atoms with Gasteiger partial charge in [-0.1, -0.05) is 12.1 Å². The van der Waals surface area contributed by atoms with Gasteiger partial charge in [0.2, 0.25) is 5.41 Å². The van der Waals surface area contributed by atoms with Gasteiger partial charge in [-0.05, 0) is 191 Å². The van der Waals surface area contributed by atoms with Crippen LogP contribution < -0.4 is 24.8 Å². The van der Waals surface area contributed by atoms with Crippen LogP contribution in [0.4, 0.5) is 37.7 Å². The normalized spacial score (nSPS) is 11.7. The average molecular weight is 1140 g/mol. The number of anilines is 2. The number of esters is 1. The third-order valence-electron chi connectivity index (χ3n) is 9.51. The highest BCUT2D eigenvalue weighted by atomic mass is 79.9. The van der Waals surface area contributed by atoms with Gasteiger partial charge in [-0.3, -0.25) is 14.4 Å². The first-order valence-corrected chi connectivity index (χ1v) is 21.4. The Hall–Kier alpha value is -5.50. The van der Waals surface area contributed by atoms with Crippen molar-refractivity contribution in [3.05, 3.63) is 173 Å². The standard InChI is InChI=1S/C45H28Br4F6N2O7/c1-23(58)24-3-5-25(6-4-24)40(59)56-30-11-15-32(16-12-30)63-33-17-13-31(14-18-33)57-41(60)26-7-9-27(10-8-26)42(61)64-39-36(48)21-29(22-37(39)49)43(44(50,51)52,45(53,54)55)28-19-34(46)38(62-2)35(47)20-28/h3-22H,1-2H3,(H,56,59)(H,57,60). The van der Waals surface area contributed by atoms with Crippen LogP contribution in [0, 0.1) is 0 Å². The molecule has 2 amide bonds. The summed E-state index contributed by atoms with van der Waals surface area (Å²) in [5.74, 6) is -1.57. The molecule has 0 saturated heterocycles. The van der Waals surface area contributed by atoms with E-state index in [1.807, 2.05) is 0 Å². The molecule has 0 aromatic heterocycles. The van der Waals surface area contributed by atoms with E-state index in [0.717, 1.165) is 0 Å². The summed E-state index contributed by atoms with van der Waals surface area (Å²) in [6.45, 7) is 1.44.